The van der Waals surface area contributed by atoms with E-state index < -0.39 is 0 Å². The lowest BCUT2D eigenvalue weighted by Gasteiger charge is -1.97. The SMILES string of the molecule is Cc1scc(Cl)c1C(=O)C1CC1. The molecule has 1 aromatic rings. The Bertz CT molecular complexity index is 306. The Morgan fingerprint density at radius 1 is 1.67 bits per heavy atom. The molecule has 0 spiro atoms. The first-order chi connectivity index (χ1) is 5.70. The summed E-state index contributed by atoms with van der Waals surface area (Å²) in [5, 5.41) is 2.47. The van der Waals surface area contributed by atoms with Gasteiger partial charge in [0.05, 0.1) is 10.6 Å². The van der Waals surface area contributed by atoms with Crippen molar-refractivity contribution in [1.82, 2.24) is 0 Å². The number of aryl methyl sites for hydroxylation is 1. The maximum absolute atomic E-state index is 11.6. The van der Waals surface area contributed by atoms with E-state index in [1.807, 2.05) is 12.3 Å². The Labute approximate surface area is 80.4 Å². The topological polar surface area (TPSA) is 17.1 Å². The second-order valence-corrected chi connectivity index (χ2v) is 4.64. The van der Waals surface area contributed by atoms with E-state index >= 15 is 0 Å². The Balaban J connectivity index is 2.36. The number of rotatable bonds is 2. The van der Waals surface area contributed by atoms with Crippen LogP contribution in [0, 0.1) is 12.8 Å². The zero-order chi connectivity index (χ0) is 8.72. The third-order valence-electron chi connectivity index (χ3n) is 2.12. The predicted molar refractivity (Wildman–Crippen MR) is 51.1 cm³/mol. The Morgan fingerprint density at radius 2 is 2.33 bits per heavy atom. The van der Waals surface area contributed by atoms with E-state index in [1.54, 1.807) is 11.3 Å². The van der Waals surface area contributed by atoms with Crippen molar-refractivity contribution in [2.75, 3.05) is 0 Å². The number of hydrogen-bond acceptors (Lipinski definition) is 2. The van der Waals surface area contributed by atoms with Gasteiger partial charge < -0.3 is 0 Å². The number of carbonyl (C=O) groups is 1. The van der Waals surface area contributed by atoms with Gasteiger partial charge in [-0.3, -0.25) is 4.79 Å². The first-order valence-corrected chi connectivity index (χ1v) is 5.23. The molecular formula is C9H9ClOS. The molecule has 0 amide bonds. The molecule has 0 radical (unpaired) electrons. The highest BCUT2D eigenvalue weighted by Gasteiger charge is 2.32. The monoisotopic (exact) mass is 200 g/mol. The molecular weight excluding hydrogens is 192 g/mol. The van der Waals surface area contributed by atoms with E-state index in [2.05, 4.69) is 0 Å². The van der Waals surface area contributed by atoms with E-state index in [4.69, 9.17) is 11.6 Å². The van der Waals surface area contributed by atoms with Crippen molar-refractivity contribution >= 4 is 28.7 Å². The largest absolute Gasteiger partial charge is 0.294 e. The van der Waals surface area contributed by atoms with E-state index in [9.17, 15) is 4.79 Å². The van der Waals surface area contributed by atoms with Gasteiger partial charge in [-0.2, -0.15) is 0 Å². The number of thiophene rings is 1. The minimum absolute atomic E-state index is 0.249. The summed E-state index contributed by atoms with van der Waals surface area (Å²) >= 11 is 7.45. The Morgan fingerprint density at radius 3 is 2.75 bits per heavy atom. The van der Waals surface area contributed by atoms with Gasteiger partial charge in [0.1, 0.15) is 0 Å². The van der Waals surface area contributed by atoms with Crippen LogP contribution in [0.4, 0.5) is 0 Å². The molecule has 64 valence electrons. The smallest absolute Gasteiger partial charge is 0.168 e. The summed E-state index contributed by atoms with van der Waals surface area (Å²) in [5.74, 6) is 0.523. The average Bonchev–Trinajstić information content (AvgIpc) is 2.79. The van der Waals surface area contributed by atoms with Crippen LogP contribution in [-0.4, -0.2) is 5.78 Å². The lowest BCUT2D eigenvalue weighted by Crippen LogP contribution is -2.01. The molecule has 1 fully saturated rings. The third-order valence-corrected chi connectivity index (χ3v) is 3.46. The minimum Gasteiger partial charge on any atom is -0.294 e. The fourth-order valence-corrected chi connectivity index (χ4v) is 2.42. The van der Waals surface area contributed by atoms with Crippen molar-refractivity contribution in [2.24, 2.45) is 5.92 Å². The summed E-state index contributed by atoms with van der Waals surface area (Å²) in [6.45, 7) is 1.95. The summed E-state index contributed by atoms with van der Waals surface area (Å²) in [5.41, 5.74) is 0.768. The fourth-order valence-electron chi connectivity index (χ4n) is 1.27. The molecule has 1 heterocycles. The van der Waals surface area contributed by atoms with Crippen LogP contribution in [-0.2, 0) is 0 Å². The quantitative estimate of drug-likeness (QED) is 0.670. The average molecular weight is 201 g/mol. The highest BCUT2D eigenvalue weighted by Crippen LogP contribution is 2.37. The Kier molecular flexibility index (Phi) is 1.97. The standard InChI is InChI=1S/C9H9ClOS/c1-5-8(7(10)4-12-5)9(11)6-2-3-6/h4,6H,2-3H2,1H3. The Hall–Kier alpha value is -0.340. The fraction of sp³-hybridized carbons (Fsp3) is 0.444. The van der Waals surface area contributed by atoms with Gasteiger partial charge >= 0.3 is 0 Å². The van der Waals surface area contributed by atoms with Crippen LogP contribution in [0.5, 0.6) is 0 Å². The zero-order valence-electron chi connectivity index (χ0n) is 6.76. The molecule has 0 atom stereocenters. The van der Waals surface area contributed by atoms with Gasteiger partial charge in [0.25, 0.3) is 0 Å². The maximum Gasteiger partial charge on any atom is 0.168 e. The van der Waals surface area contributed by atoms with Gasteiger partial charge in [0.15, 0.2) is 5.78 Å². The number of hydrogen-bond donors (Lipinski definition) is 0. The van der Waals surface area contributed by atoms with E-state index in [0.717, 1.165) is 23.3 Å². The third kappa shape index (κ3) is 1.29. The first kappa shape index (κ1) is 8.27. The maximum atomic E-state index is 11.6. The van der Waals surface area contributed by atoms with Crippen molar-refractivity contribution in [2.45, 2.75) is 19.8 Å². The van der Waals surface area contributed by atoms with Crippen LogP contribution in [0.2, 0.25) is 5.02 Å². The molecule has 1 aromatic heterocycles. The lowest BCUT2D eigenvalue weighted by molar-refractivity contribution is 0.0968. The molecule has 0 N–H and O–H groups in total. The van der Waals surface area contributed by atoms with Gasteiger partial charge in [-0.25, -0.2) is 0 Å². The molecule has 1 saturated carbocycles. The summed E-state index contributed by atoms with van der Waals surface area (Å²) < 4.78 is 0. The van der Waals surface area contributed by atoms with Crippen molar-refractivity contribution in [3.63, 3.8) is 0 Å². The predicted octanol–water partition coefficient (Wildman–Crippen LogP) is 3.30. The second-order valence-electron chi connectivity index (χ2n) is 3.15. The molecule has 1 nitrogen and oxygen atoms in total. The van der Waals surface area contributed by atoms with Crippen LogP contribution in [0.25, 0.3) is 0 Å². The van der Waals surface area contributed by atoms with Crippen LogP contribution in [0.15, 0.2) is 5.38 Å². The summed E-state index contributed by atoms with van der Waals surface area (Å²) in [7, 11) is 0. The highest BCUT2D eigenvalue weighted by molar-refractivity contribution is 7.10. The molecule has 2 rings (SSSR count). The number of halogens is 1. The van der Waals surface area contributed by atoms with E-state index in [0.29, 0.717) is 5.02 Å². The van der Waals surface area contributed by atoms with Gasteiger partial charge in [0, 0.05) is 16.2 Å². The normalized spacial score (nSPS) is 16.5. The first-order valence-electron chi connectivity index (χ1n) is 3.98. The zero-order valence-corrected chi connectivity index (χ0v) is 8.34. The van der Waals surface area contributed by atoms with Gasteiger partial charge in [0.2, 0.25) is 0 Å². The van der Waals surface area contributed by atoms with Gasteiger partial charge in [-0.1, -0.05) is 11.6 Å². The van der Waals surface area contributed by atoms with Crippen molar-refractivity contribution in [3.8, 4) is 0 Å². The molecule has 0 aromatic carbocycles. The molecule has 0 unspecified atom stereocenters. The van der Waals surface area contributed by atoms with Crippen LogP contribution in [0.1, 0.15) is 28.1 Å². The molecule has 0 saturated heterocycles. The highest BCUT2D eigenvalue weighted by atomic mass is 35.5. The molecule has 1 aliphatic carbocycles. The number of Topliss-reactive ketones (excluding diaryl/α,β-unsaturated/α-hetero) is 1. The molecule has 3 heteroatoms. The molecule has 0 aliphatic heterocycles. The second kappa shape index (κ2) is 2.86. The number of ketones is 1. The van der Waals surface area contributed by atoms with Gasteiger partial charge in [-0.05, 0) is 19.8 Å². The van der Waals surface area contributed by atoms with E-state index in [1.165, 1.54) is 0 Å². The molecule has 0 bridgehead atoms. The summed E-state index contributed by atoms with van der Waals surface area (Å²) in [6, 6.07) is 0. The van der Waals surface area contributed by atoms with Crippen molar-refractivity contribution in [3.05, 3.63) is 20.8 Å². The lowest BCUT2D eigenvalue weighted by atomic mass is 10.1. The summed E-state index contributed by atoms with van der Waals surface area (Å²) in [4.78, 5) is 12.7. The van der Waals surface area contributed by atoms with Gasteiger partial charge in [-0.15, -0.1) is 11.3 Å². The molecule has 1 aliphatic rings. The van der Waals surface area contributed by atoms with Crippen LogP contribution in [0.3, 0.4) is 0 Å². The van der Waals surface area contributed by atoms with Crippen LogP contribution >= 0.6 is 22.9 Å². The number of carbonyl (C=O) groups excluding carboxylic acids is 1. The van der Waals surface area contributed by atoms with E-state index in [-0.39, 0.29) is 11.7 Å². The molecule has 12 heavy (non-hydrogen) atoms. The minimum atomic E-state index is 0.249. The summed E-state index contributed by atoms with van der Waals surface area (Å²) in [6.07, 6.45) is 2.09. The van der Waals surface area contributed by atoms with Crippen molar-refractivity contribution < 1.29 is 4.79 Å². The van der Waals surface area contributed by atoms with Crippen LogP contribution < -0.4 is 0 Å². The van der Waals surface area contributed by atoms with Crippen molar-refractivity contribution in [1.29, 1.82) is 0 Å².